The number of nitrogens with zero attached hydrogens (tertiary/aromatic N) is 2. The number of benzene rings is 1. The molecule has 2 saturated heterocycles. The third-order valence-electron chi connectivity index (χ3n) is 5.57. The molecule has 0 spiro atoms. The van der Waals surface area contributed by atoms with Crippen molar-refractivity contribution in [1.82, 2.24) is 9.80 Å². The summed E-state index contributed by atoms with van der Waals surface area (Å²) in [4.78, 5) is 40.9. The van der Waals surface area contributed by atoms with Crippen molar-refractivity contribution in [2.24, 2.45) is 5.41 Å². The number of amides is 2. The van der Waals surface area contributed by atoms with Gasteiger partial charge in [-0.2, -0.15) is 0 Å². The lowest BCUT2D eigenvalue weighted by atomic mass is 9.75. The molecule has 1 aromatic carbocycles. The first-order valence-electron chi connectivity index (χ1n) is 9.91. The normalized spacial score (nSPS) is 22.4. The highest BCUT2D eigenvalue weighted by molar-refractivity contribution is 6.30. The van der Waals surface area contributed by atoms with Crippen LogP contribution < -0.4 is 0 Å². The Bertz CT molecular complexity index is 754. The second-order valence-electron chi connectivity index (χ2n) is 7.65. The molecule has 1 aromatic rings. The Morgan fingerprint density at radius 2 is 2.07 bits per heavy atom. The molecule has 3 rings (SSSR count). The summed E-state index contributed by atoms with van der Waals surface area (Å²) < 4.78 is 5.39. The largest absolute Gasteiger partial charge is 0.466 e. The number of piperidine rings is 1. The number of carbonyl (C=O) groups is 3. The highest BCUT2D eigenvalue weighted by Crippen LogP contribution is 2.36. The van der Waals surface area contributed by atoms with E-state index in [1.165, 1.54) is 0 Å². The Morgan fingerprint density at radius 1 is 1.25 bits per heavy atom. The SMILES string of the molecule is CCOC(=O)[C@]1(Cc2cccc(Cl)c2)CCCN(C(=O)CN2CCCC2=O)C1. The second-order valence-corrected chi connectivity index (χ2v) is 8.08. The van der Waals surface area contributed by atoms with Crippen molar-refractivity contribution in [3.05, 3.63) is 34.9 Å². The van der Waals surface area contributed by atoms with Crippen LogP contribution in [0.2, 0.25) is 5.02 Å². The Kier molecular flexibility index (Phi) is 6.60. The molecule has 2 aliphatic rings. The van der Waals surface area contributed by atoms with E-state index in [0.717, 1.165) is 18.4 Å². The number of hydrogen-bond donors (Lipinski definition) is 0. The van der Waals surface area contributed by atoms with E-state index in [-0.39, 0.29) is 24.3 Å². The maximum absolute atomic E-state index is 12.9. The number of rotatable bonds is 6. The standard InChI is InChI=1S/C21H27ClN2O4/c1-2-28-20(27)21(13-16-6-3-7-17(22)12-16)9-5-11-24(15-21)19(26)14-23-10-4-8-18(23)25/h3,6-7,12H,2,4-5,8-11,13-15H2,1H3/t21-/m0/s1. The van der Waals surface area contributed by atoms with Crippen molar-refractivity contribution in [3.8, 4) is 0 Å². The molecule has 0 bridgehead atoms. The van der Waals surface area contributed by atoms with Crippen molar-refractivity contribution < 1.29 is 19.1 Å². The summed E-state index contributed by atoms with van der Waals surface area (Å²) in [5.41, 5.74) is 0.161. The molecule has 0 aromatic heterocycles. The molecule has 2 heterocycles. The molecule has 0 radical (unpaired) electrons. The summed E-state index contributed by atoms with van der Waals surface area (Å²) in [6, 6.07) is 7.45. The van der Waals surface area contributed by atoms with Crippen LogP contribution in [0.5, 0.6) is 0 Å². The lowest BCUT2D eigenvalue weighted by molar-refractivity contribution is -0.161. The quantitative estimate of drug-likeness (QED) is 0.681. The Balaban J connectivity index is 1.77. The molecule has 0 N–H and O–H groups in total. The molecule has 2 aliphatic heterocycles. The molecule has 152 valence electrons. The number of carbonyl (C=O) groups excluding carboxylic acids is 3. The van der Waals surface area contributed by atoms with Gasteiger partial charge in [0.05, 0.1) is 18.6 Å². The van der Waals surface area contributed by atoms with Crippen LogP contribution in [-0.4, -0.2) is 60.4 Å². The Labute approximate surface area is 170 Å². The molecular formula is C21H27ClN2O4. The van der Waals surface area contributed by atoms with E-state index in [2.05, 4.69) is 0 Å². The summed E-state index contributed by atoms with van der Waals surface area (Å²) in [5, 5.41) is 0.618. The monoisotopic (exact) mass is 406 g/mol. The zero-order valence-electron chi connectivity index (χ0n) is 16.3. The van der Waals surface area contributed by atoms with E-state index in [0.29, 0.717) is 50.5 Å². The smallest absolute Gasteiger partial charge is 0.314 e. The number of hydrogen-bond acceptors (Lipinski definition) is 4. The average Bonchev–Trinajstić information content (AvgIpc) is 3.06. The van der Waals surface area contributed by atoms with Crippen LogP contribution in [0.1, 0.15) is 38.2 Å². The minimum Gasteiger partial charge on any atom is -0.466 e. The molecule has 28 heavy (non-hydrogen) atoms. The lowest BCUT2D eigenvalue weighted by Gasteiger charge is -2.41. The van der Waals surface area contributed by atoms with Gasteiger partial charge in [0.2, 0.25) is 11.8 Å². The van der Waals surface area contributed by atoms with Crippen molar-refractivity contribution in [1.29, 1.82) is 0 Å². The zero-order valence-corrected chi connectivity index (χ0v) is 17.0. The molecule has 2 amide bonds. The van der Waals surface area contributed by atoms with Gasteiger partial charge in [0.1, 0.15) is 0 Å². The van der Waals surface area contributed by atoms with Gasteiger partial charge in [0, 0.05) is 31.1 Å². The number of likely N-dealkylation sites (tertiary alicyclic amines) is 2. The summed E-state index contributed by atoms with van der Waals surface area (Å²) in [6.07, 6.45) is 3.16. The van der Waals surface area contributed by atoms with Crippen molar-refractivity contribution in [2.75, 3.05) is 32.8 Å². The van der Waals surface area contributed by atoms with Crippen molar-refractivity contribution in [3.63, 3.8) is 0 Å². The van der Waals surface area contributed by atoms with Gasteiger partial charge in [0.25, 0.3) is 0 Å². The Morgan fingerprint density at radius 3 is 2.75 bits per heavy atom. The van der Waals surface area contributed by atoms with Crippen LogP contribution in [0.4, 0.5) is 0 Å². The van der Waals surface area contributed by atoms with Crippen LogP contribution in [-0.2, 0) is 25.5 Å². The van der Waals surface area contributed by atoms with Gasteiger partial charge in [-0.1, -0.05) is 23.7 Å². The first-order chi connectivity index (χ1) is 13.4. The predicted octanol–water partition coefficient (Wildman–Crippen LogP) is 2.68. The molecular weight excluding hydrogens is 380 g/mol. The van der Waals surface area contributed by atoms with E-state index in [4.69, 9.17) is 16.3 Å². The van der Waals surface area contributed by atoms with Crippen LogP contribution in [0.3, 0.4) is 0 Å². The van der Waals surface area contributed by atoms with Gasteiger partial charge in [-0.3, -0.25) is 14.4 Å². The zero-order chi connectivity index (χ0) is 20.1. The lowest BCUT2D eigenvalue weighted by Crippen LogP contribution is -2.53. The summed E-state index contributed by atoms with van der Waals surface area (Å²) >= 11 is 6.12. The second kappa shape index (κ2) is 8.95. The minimum atomic E-state index is -0.788. The number of halogens is 1. The highest BCUT2D eigenvalue weighted by Gasteiger charge is 2.45. The highest BCUT2D eigenvalue weighted by atomic mass is 35.5. The van der Waals surface area contributed by atoms with Crippen LogP contribution in [0.25, 0.3) is 0 Å². The predicted molar refractivity (Wildman–Crippen MR) is 106 cm³/mol. The fraction of sp³-hybridized carbons (Fsp3) is 0.571. The maximum Gasteiger partial charge on any atom is 0.314 e. The van der Waals surface area contributed by atoms with E-state index < -0.39 is 5.41 Å². The van der Waals surface area contributed by atoms with Gasteiger partial charge in [-0.25, -0.2) is 0 Å². The van der Waals surface area contributed by atoms with E-state index >= 15 is 0 Å². The number of ether oxygens (including phenoxy) is 1. The molecule has 1 atom stereocenters. The third kappa shape index (κ3) is 4.66. The summed E-state index contributed by atoms with van der Waals surface area (Å²) in [6.45, 7) is 3.71. The van der Waals surface area contributed by atoms with E-state index in [9.17, 15) is 14.4 Å². The fourth-order valence-corrected chi connectivity index (χ4v) is 4.40. The van der Waals surface area contributed by atoms with Gasteiger partial charge < -0.3 is 14.5 Å². The average molecular weight is 407 g/mol. The number of esters is 1. The summed E-state index contributed by atoms with van der Waals surface area (Å²) in [5.74, 6) is -0.347. The molecule has 7 heteroatoms. The molecule has 6 nitrogen and oxygen atoms in total. The minimum absolute atomic E-state index is 0.0287. The first-order valence-corrected chi connectivity index (χ1v) is 10.3. The van der Waals surface area contributed by atoms with Gasteiger partial charge >= 0.3 is 5.97 Å². The van der Waals surface area contributed by atoms with Crippen LogP contribution in [0, 0.1) is 5.41 Å². The first kappa shape index (κ1) is 20.6. The third-order valence-corrected chi connectivity index (χ3v) is 5.80. The van der Waals surface area contributed by atoms with Crippen molar-refractivity contribution >= 4 is 29.4 Å². The van der Waals surface area contributed by atoms with E-state index in [1.54, 1.807) is 22.8 Å². The maximum atomic E-state index is 12.9. The molecule has 0 unspecified atom stereocenters. The van der Waals surface area contributed by atoms with Crippen LogP contribution >= 0.6 is 11.6 Å². The van der Waals surface area contributed by atoms with Crippen LogP contribution in [0.15, 0.2) is 24.3 Å². The van der Waals surface area contributed by atoms with Gasteiger partial charge in [0.15, 0.2) is 0 Å². The van der Waals surface area contributed by atoms with E-state index in [1.807, 2.05) is 18.2 Å². The van der Waals surface area contributed by atoms with Gasteiger partial charge in [-0.05, 0) is 50.3 Å². The molecule has 0 saturated carbocycles. The summed E-state index contributed by atoms with van der Waals surface area (Å²) in [7, 11) is 0. The topological polar surface area (TPSA) is 66.9 Å². The van der Waals surface area contributed by atoms with Gasteiger partial charge in [-0.15, -0.1) is 0 Å². The van der Waals surface area contributed by atoms with Crippen molar-refractivity contribution in [2.45, 2.75) is 39.0 Å². The fourth-order valence-electron chi connectivity index (χ4n) is 4.18. The molecule has 0 aliphatic carbocycles. The molecule has 2 fully saturated rings. The Hall–Kier alpha value is -2.08.